The van der Waals surface area contributed by atoms with Crippen LogP contribution in [0.25, 0.3) is 10.2 Å². The lowest BCUT2D eigenvalue weighted by Gasteiger charge is -2.08. The van der Waals surface area contributed by atoms with E-state index < -0.39 is 0 Å². The van der Waals surface area contributed by atoms with Crippen LogP contribution in [-0.4, -0.2) is 21.3 Å². The molecule has 130 valence electrons. The van der Waals surface area contributed by atoms with E-state index in [0.717, 1.165) is 32.1 Å². The minimum absolute atomic E-state index is 0.198. The van der Waals surface area contributed by atoms with Gasteiger partial charge in [-0.05, 0) is 30.3 Å². The lowest BCUT2D eigenvalue weighted by molar-refractivity contribution is -0.114. The van der Waals surface area contributed by atoms with Crippen LogP contribution in [0.3, 0.4) is 0 Å². The van der Waals surface area contributed by atoms with Crippen molar-refractivity contribution in [3.05, 3.63) is 62.0 Å². The SMILES string of the molecule is CCc1cc2c(=O)n(NC(=O)CSCc3ccccc3)c(=S)[nH]c2s1. The van der Waals surface area contributed by atoms with Crippen molar-refractivity contribution in [1.29, 1.82) is 0 Å². The third-order valence-electron chi connectivity index (χ3n) is 3.57. The van der Waals surface area contributed by atoms with Crippen molar-refractivity contribution in [2.45, 2.75) is 19.1 Å². The lowest BCUT2D eigenvalue weighted by atomic mass is 10.2. The summed E-state index contributed by atoms with van der Waals surface area (Å²) in [5, 5.41) is 0.549. The van der Waals surface area contributed by atoms with Gasteiger partial charge in [0.1, 0.15) is 4.83 Å². The predicted molar refractivity (Wildman–Crippen MR) is 108 cm³/mol. The molecule has 2 heterocycles. The smallest absolute Gasteiger partial charge is 0.282 e. The van der Waals surface area contributed by atoms with Gasteiger partial charge in [-0.25, -0.2) is 0 Å². The van der Waals surface area contributed by atoms with Crippen LogP contribution in [0.5, 0.6) is 0 Å². The molecule has 1 amide bonds. The van der Waals surface area contributed by atoms with Gasteiger partial charge in [-0.2, -0.15) is 4.68 Å². The summed E-state index contributed by atoms with van der Waals surface area (Å²) in [6.07, 6.45) is 0.849. The van der Waals surface area contributed by atoms with Crippen LogP contribution in [0.2, 0.25) is 0 Å². The predicted octanol–water partition coefficient (Wildman–Crippen LogP) is 3.69. The third-order valence-corrected chi connectivity index (χ3v) is 6.05. The maximum Gasteiger partial charge on any atom is 0.282 e. The summed E-state index contributed by atoms with van der Waals surface area (Å²) in [6, 6.07) is 11.8. The van der Waals surface area contributed by atoms with E-state index in [2.05, 4.69) is 10.4 Å². The number of nitrogens with one attached hydrogen (secondary N) is 2. The molecule has 0 aliphatic carbocycles. The Morgan fingerprint density at radius 2 is 2.12 bits per heavy atom. The molecule has 0 fully saturated rings. The van der Waals surface area contributed by atoms with Crippen LogP contribution in [0.1, 0.15) is 17.4 Å². The van der Waals surface area contributed by atoms with E-state index in [1.54, 1.807) is 0 Å². The highest BCUT2D eigenvalue weighted by atomic mass is 32.2. The highest BCUT2D eigenvalue weighted by Gasteiger charge is 2.11. The molecule has 0 unspecified atom stereocenters. The van der Waals surface area contributed by atoms with Gasteiger partial charge in [-0.15, -0.1) is 23.1 Å². The maximum absolute atomic E-state index is 12.6. The molecule has 0 atom stereocenters. The number of H-pyrrole nitrogens is 1. The van der Waals surface area contributed by atoms with Crippen LogP contribution < -0.4 is 11.0 Å². The quantitative estimate of drug-likeness (QED) is 0.629. The molecule has 3 rings (SSSR count). The molecule has 0 spiro atoms. The molecule has 5 nitrogen and oxygen atoms in total. The van der Waals surface area contributed by atoms with E-state index in [1.807, 2.05) is 43.3 Å². The van der Waals surface area contributed by atoms with Crippen molar-refractivity contribution in [2.75, 3.05) is 11.2 Å². The number of aromatic nitrogens is 2. The van der Waals surface area contributed by atoms with Gasteiger partial charge in [0.15, 0.2) is 0 Å². The summed E-state index contributed by atoms with van der Waals surface area (Å²) < 4.78 is 1.32. The Bertz CT molecular complexity index is 1010. The molecule has 0 saturated heterocycles. The normalized spacial score (nSPS) is 10.9. The van der Waals surface area contributed by atoms with Crippen molar-refractivity contribution in [1.82, 2.24) is 9.66 Å². The summed E-state index contributed by atoms with van der Waals surface area (Å²) in [6.45, 7) is 2.03. The maximum atomic E-state index is 12.6. The van der Waals surface area contributed by atoms with Gasteiger partial charge in [0, 0.05) is 10.6 Å². The van der Waals surface area contributed by atoms with Gasteiger partial charge in [0.25, 0.3) is 5.56 Å². The van der Waals surface area contributed by atoms with Crippen molar-refractivity contribution in [3.8, 4) is 0 Å². The molecule has 25 heavy (non-hydrogen) atoms. The van der Waals surface area contributed by atoms with Crippen LogP contribution in [0.4, 0.5) is 0 Å². The summed E-state index contributed by atoms with van der Waals surface area (Å²) in [4.78, 5) is 29.6. The van der Waals surface area contributed by atoms with Crippen LogP contribution in [0, 0.1) is 4.77 Å². The number of aromatic amines is 1. The third kappa shape index (κ3) is 4.20. The van der Waals surface area contributed by atoms with E-state index in [9.17, 15) is 9.59 Å². The average Bonchev–Trinajstić information content (AvgIpc) is 3.03. The second-order valence-electron chi connectivity index (χ2n) is 5.39. The molecule has 1 aromatic carbocycles. The lowest BCUT2D eigenvalue weighted by Crippen LogP contribution is -2.35. The summed E-state index contributed by atoms with van der Waals surface area (Å²) in [7, 11) is 0. The number of hydrogen-bond donors (Lipinski definition) is 2. The number of thioether (sulfide) groups is 1. The van der Waals surface area contributed by atoms with Gasteiger partial charge >= 0.3 is 0 Å². The first-order valence-corrected chi connectivity index (χ1v) is 10.2. The number of aryl methyl sites for hydroxylation is 1. The van der Waals surface area contributed by atoms with E-state index in [4.69, 9.17) is 12.2 Å². The van der Waals surface area contributed by atoms with E-state index in [-0.39, 0.29) is 22.0 Å². The first kappa shape index (κ1) is 17.9. The minimum atomic E-state index is -0.295. The fourth-order valence-corrected chi connectivity index (χ4v) is 4.39. The van der Waals surface area contributed by atoms with Crippen LogP contribution >= 0.6 is 35.3 Å². The second-order valence-corrected chi connectivity index (χ2v) is 7.90. The highest BCUT2D eigenvalue weighted by molar-refractivity contribution is 7.99. The molecular formula is C17H17N3O2S3. The van der Waals surface area contributed by atoms with E-state index in [1.165, 1.54) is 23.1 Å². The molecule has 0 aliphatic heterocycles. The van der Waals surface area contributed by atoms with E-state index in [0.29, 0.717) is 5.39 Å². The molecule has 0 aliphatic rings. The Morgan fingerprint density at radius 1 is 1.36 bits per heavy atom. The zero-order chi connectivity index (χ0) is 17.8. The van der Waals surface area contributed by atoms with Crippen molar-refractivity contribution in [3.63, 3.8) is 0 Å². The number of rotatable bonds is 6. The largest absolute Gasteiger partial charge is 0.322 e. The summed E-state index contributed by atoms with van der Waals surface area (Å²) in [5.74, 6) is 0.727. The van der Waals surface area contributed by atoms with E-state index >= 15 is 0 Å². The van der Waals surface area contributed by atoms with Crippen molar-refractivity contribution in [2.24, 2.45) is 0 Å². The highest BCUT2D eigenvalue weighted by Crippen LogP contribution is 2.21. The molecule has 0 bridgehead atoms. The van der Waals surface area contributed by atoms with Gasteiger partial charge in [0.2, 0.25) is 10.7 Å². The number of benzene rings is 1. The Labute approximate surface area is 158 Å². The zero-order valence-corrected chi connectivity index (χ0v) is 16.0. The Morgan fingerprint density at radius 3 is 2.84 bits per heavy atom. The number of hydrogen-bond acceptors (Lipinski definition) is 5. The zero-order valence-electron chi connectivity index (χ0n) is 13.6. The van der Waals surface area contributed by atoms with Crippen molar-refractivity contribution < 1.29 is 4.79 Å². The van der Waals surface area contributed by atoms with Gasteiger partial charge in [-0.1, -0.05) is 37.3 Å². The monoisotopic (exact) mass is 391 g/mol. The second kappa shape index (κ2) is 7.99. The number of nitrogens with zero attached hydrogens (tertiary/aromatic N) is 1. The topological polar surface area (TPSA) is 66.9 Å². The number of fused-ring (bicyclic) bond motifs is 1. The fraction of sp³-hybridized carbons (Fsp3) is 0.235. The van der Waals surface area contributed by atoms with Crippen LogP contribution in [0.15, 0.2) is 41.2 Å². The van der Waals surface area contributed by atoms with Crippen LogP contribution in [-0.2, 0) is 17.0 Å². The molecule has 2 N–H and O–H groups in total. The molecule has 2 aromatic heterocycles. The molecule has 0 radical (unpaired) electrons. The molecular weight excluding hydrogens is 374 g/mol. The summed E-state index contributed by atoms with van der Waals surface area (Å²) >= 11 is 8.21. The minimum Gasteiger partial charge on any atom is -0.322 e. The number of carbonyl (C=O) groups excluding carboxylic acids is 1. The standard InChI is InChI=1S/C17H17N3O2S3/c1-2-12-8-13-15(25-12)18-17(23)20(16(13)22)19-14(21)10-24-9-11-6-4-3-5-7-11/h3-8H,2,9-10H2,1H3,(H,18,23)(H,19,21). The van der Waals surface area contributed by atoms with Crippen molar-refractivity contribution >= 4 is 51.4 Å². The molecule has 3 aromatic rings. The van der Waals surface area contributed by atoms with Gasteiger partial charge < -0.3 is 4.98 Å². The van der Waals surface area contributed by atoms with Gasteiger partial charge in [0.05, 0.1) is 11.1 Å². The Balaban J connectivity index is 1.70. The Kier molecular flexibility index (Phi) is 5.72. The number of thiophene rings is 1. The molecule has 8 heteroatoms. The fourth-order valence-electron chi connectivity index (χ4n) is 2.33. The number of amides is 1. The first-order chi connectivity index (χ1) is 12.1. The molecule has 0 saturated carbocycles. The summed E-state index contributed by atoms with van der Waals surface area (Å²) in [5.41, 5.74) is 3.46. The number of carbonyl (C=O) groups is 1. The average molecular weight is 392 g/mol. The first-order valence-electron chi connectivity index (χ1n) is 7.77. The Hall–Kier alpha value is -1.90. The van der Waals surface area contributed by atoms with Gasteiger partial charge in [-0.3, -0.25) is 15.0 Å².